The molecule has 1 aromatic heterocycles. The number of H-pyrrole nitrogens is 1. The number of benzene rings is 2. The third-order valence-corrected chi connectivity index (χ3v) is 7.91. The number of nitrogens with one attached hydrogen (secondary N) is 1. The van der Waals surface area contributed by atoms with Gasteiger partial charge in [0.2, 0.25) is 5.91 Å². The van der Waals surface area contributed by atoms with Gasteiger partial charge in [-0.25, -0.2) is 0 Å². The number of aryl methyl sites for hydroxylation is 2. The highest BCUT2D eigenvalue weighted by Crippen LogP contribution is 2.53. The highest BCUT2D eigenvalue weighted by atomic mass is 16.1. The third-order valence-electron chi connectivity index (χ3n) is 7.91. The Labute approximate surface area is 177 Å². The second kappa shape index (κ2) is 6.98. The Morgan fingerprint density at radius 1 is 1.03 bits per heavy atom. The number of nitrogens with two attached hydrogens (primary N) is 1. The van der Waals surface area contributed by atoms with Crippen molar-refractivity contribution in [1.29, 1.82) is 0 Å². The van der Waals surface area contributed by atoms with E-state index in [0.29, 0.717) is 11.8 Å². The van der Waals surface area contributed by atoms with E-state index in [1.807, 2.05) is 0 Å². The van der Waals surface area contributed by atoms with Crippen LogP contribution in [-0.4, -0.2) is 28.4 Å². The van der Waals surface area contributed by atoms with E-state index in [1.165, 1.54) is 52.5 Å². The van der Waals surface area contributed by atoms with Crippen molar-refractivity contribution in [2.75, 3.05) is 6.54 Å². The van der Waals surface area contributed by atoms with E-state index < -0.39 is 0 Å². The Morgan fingerprint density at radius 3 is 2.77 bits per heavy atom. The summed E-state index contributed by atoms with van der Waals surface area (Å²) in [5, 5.41) is 1.35. The minimum Gasteiger partial charge on any atom is -0.368 e. The lowest BCUT2D eigenvalue weighted by molar-refractivity contribution is -0.122. The summed E-state index contributed by atoms with van der Waals surface area (Å²) in [6, 6.07) is 17.7. The molecule has 0 bridgehead atoms. The molecule has 3 heterocycles. The maximum atomic E-state index is 12.5. The van der Waals surface area contributed by atoms with Gasteiger partial charge in [-0.05, 0) is 79.7 Å². The standard InChI is InChI=1S/C26H29N3O/c27-26(30)23-15-21(18-11-5-8-16-7-1-2-9-17(16)18)25-24-20(12-6-14-29(23)25)19-10-3-4-13-22(19)28-24/h1-4,7,9-10,13,18,21,23,25,28H,5-6,8,11-12,14-15H2,(H2,27,30)/t18-,21?,23?,25?/m0/s1. The molecule has 1 amide bonds. The van der Waals surface area contributed by atoms with Crippen molar-refractivity contribution in [2.45, 2.75) is 56.5 Å². The molecule has 6 rings (SSSR count). The molecule has 30 heavy (non-hydrogen) atoms. The maximum Gasteiger partial charge on any atom is 0.234 e. The van der Waals surface area contributed by atoms with E-state index in [-0.39, 0.29) is 18.0 Å². The number of rotatable bonds is 2. The van der Waals surface area contributed by atoms with Gasteiger partial charge in [0.05, 0.1) is 12.1 Å². The van der Waals surface area contributed by atoms with Gasteiger partial charge in [-0.2, -0.15) is 0 Å². The van der Waals surface area contributed by atoms with Gasteiger partial charge in [0.15, 0.2) is 0 Å². The molecule has 4 nitrogen and oxygen atoms in total. The fourth-order valence-corrected chi connectivity index (χ4v) is 6.72. The average Bonchev–Trinajstić information content (AvgIpc) is 3.27. The molecule has 0 radical (unpaired) electrons. The molecule has 0 saturated carbocycles. The van der Waals surface area contributed by atoms with Crippen LogP contribution in [0.2, 0.25) is 0 Å². The highest BCUT2D eigenvalue weighted by molar-refractivity contribution is 5.85. The van der Waals surface area contributed by atoms with Crippen LogP contribution in [0, 0.1) is 5.92 Å². The van der Waals surface area contributed by atoms with Crippen molar-refractivity contribution in [3.05, 3.63) is 70.9 Å². The van der Waals surface area contributed by atoms with Crippen LogP contribution in [0.15, 0.2) is 48.5 Å². The van der Waals surface area contributed by atoms with E-state index >= 15 is 0 Å². The van der Waals surface area contributed by atoms with E-state index in [4.69, 9.17) is 5.73 Å². The highest BCUT2D eigenvalue weighted by Gasteiger charge is 2.49. The summed E-state index contributed by atoms with van der Waals surface area (Å²) in [5.74, 6) is 0.740. The van der Waals surface area contributed by atoms with Crippen LogP contribution in [0.3, 0.4) is 0 Å². The van der Waals surface area contributed by atoms with Crippen LogP contribution < -0.4 is 5.73 Å². The summed E-state index contributed by atoms with van der Waals surface area (Å²) in [6.07, 6.45) is 6.60. The number of nitrogens with zero attached hydrogens (tertiary/aromatic N) is 1. The van der Waals surface area contributed by atoms with Gasteiger partial charge in [0.1, 0.15) is 0 Å². The first-order valence-electron chi connectivity index (χ1n) is 11.4. The molecule has 1 saturated heterocycles. The summed E-state index contributed by atoms with van der Waals surface area (Å²) in [5.41, 5.74) is 13.0. The van der Waals surface area contributed by atoms with Crippen molar-refractivity contribution in [1.82, 2.24) is 9.88 Å². The summed E-state index contributed by atoms with van der Waals surface area (Å²) in [6.45, 7) is 0.944. The lowest BCUT2D eigenvalue weighted by Crippen LogP contribution is -2.41. The molecule has 154 valence electrons. The quantitative estimate of drug-likeness (QED) is 0.669. The van der Waals surface area contributed by atoms with E-state index in [2.05, 4.69) is 58.4 Å². The lowest BCUT2D eigenvalue weighted by Gasteiger charge is -2.35. The first kappa shape index (κ1) is 18.2. The van der Waals surface area contributed by atoms with Crippen molar-refractivity contribution < 1.29 is 4.79 Å². The molecular weight excluding hydrogens is 370 g/mol. The first-order chi connectivity index (χ1) is 14.7. The number of aromatic amines is 1. The normalized spacial score (nSPS) is 28.5. The Bertz CT molecular complexity index is 1120. The van der Waals surface area contributed by atoms with Crippen LogP contribution in [0.25, 0.3) is 10.9 Å². The number of carbonyl (C=O) groups is 1. The van der Waals surface area contributed by atoms with Gasteiger partial charge in [-0.3, -0.25) is 9.69 Å². The molecule has 1 fully saturated rings. The number of hydrogen-bond donors (Lipinski definition) is 2. The van der Waals surface area contributed by atoms with E-state index in [9.17, 15) is 4.79 Å². The number of amides is 1. The zero-order chi connectivity index (χ0) is 20.2. The molecule has 4 atom stereocenters. The van der Waals surface area contributed by atoms with Gasteiger partial charge in [-0.1, -0.05) is 42.5 Å². The average molecular weight is 400 g/mol. The monoisotopic (exact) mass is 399 g/mol. The Balaban J connectivity index is 1.51. The molecule has 3 N–H and O–H groups in total. The van der Waals surface area contributed by atoms with Crippen LogP contribution >= 0.6 is 0 Å². The number of primary amides is 1. The number of para-hydroxylation sites is 1. The van der Waals surface area contributed by atoms with Gasteiger partial charge >= 0.3 is 0 Å². The minimum absolute atomic E-state index is 0.161. The zero-order valence-corrected chi connectivity index (χ0v) is 17.3. The largest absolute Gasteiger partial charge is 0.368 e. The predicted octanol–water partition coefficient (Wildman–Crippen LogP) is 4.45. The summed E-state index contributed by atoms with van der Waals surface area (Å²) in [7, 11) is 0. The lowest BCUT2D eigenvalue weighted by atomic mass is 9.72. The molecule has 3 unspecified atom stereocenters. The van der Waals surface area contributed by atoms with Gasteiger partial charge in [-0.15, -0.1) is 0 Å². The summed E-state index contributed by atoms with van der Waals surface area (Å²) in [4.78, 5) is 18.7. The Morgan fingerprint density at radius 2 is 1.87 bits per heavy atom. The number of carbonyl (C=O) groups excluding carboxylic acids is 1. The predicted molar refractivity (Wildman–Crippen MR) is 119 cm³/mol. The molecule has 2 aliphatic heterocycles. The molecule has 0 spiro atoms. The van der Waals surface area contributed by atoms with Crippen LogP contribution in [0.1, 0.15) is 60.0 Å². The topological polar surface area (TPSA) is 62.1 Å². The second-order valence-corrected chi connectivity index (χ2v) is 9.36. The summed E-state index contributed by atoms with van der Waals surface area (Å²) < 4.78 is 0. The maximum absolute atomic E-state index is 12.5. The van der Waals surface area contributed by atoms with E-state index in [0.717, 1.165) is 25.8 Å². The molecule has 4 heteroatoms. The molecule has 2 aromatic carbocycles. The number of aromatic nitrogens is 1. The fourth-order valence-electron chi connectivity index (χ4n) is 6.72. The Hall–Kier alpha value is -2.59. The van der Waals surface area contributed by atoms with Crippen molar-refractivity contribution in [3.8, 4) is 0 Å². The summed E-state index contributed by atoms with van der Waals surface area (Å²) >= 11 is 0. The first-order valence-corrected chi connectivity index (χ1v) is 11.4. The number of fused-ring (bicyclic) bond motifs is 6. The smallest absolute Gasteiger partial charge is 0.234 e. The van der Waals surface area contributed by atoms with Gasteiger partial charge < -0.3 is 10.7 Å². The number of hydrogen-bond acceptors (Lipinski definition) is 2. The van der Waals surface area contributed by atoms with Crippen molar-refractivity contribution in [2.24, 2.45) is 11.7 Å². The molecule has 3 aliphatic rings. The molecule has 3 aromatic rings. The zero-order valence-electron chi connectivity index (χ0n) is 17.3. The van der Waals surface area contributed by atoms with Crippen molar-refractivity contribution in [3.63, 3.8) is 0 Å². The minimum atomic E-state index is -0.161. The van der Waals surface area contributed by atoms with Gasteiger partial charge in [0.25, 0.3) is 0 Å². The van der Waals surface area contributed by atoms with Gasteiger partial charge in [0, 0.05) is 16.6 Å². The Kier molecular flexibility index (Phi) is 4.24. The SMILES string of the molecule is NC(=O)C1CC([C@H]2CCCc3ccccc32)C2c3[nH]c4ccccc4c3CCCN12. The van der Waals surface area contributed by atoms with Crippen LogP contribution in [-0.2, 0) is 17.6 Å². The third kappa shape index (κ3) is 2.66. The molecule has 1 aliphatic carbocycles. The van der Waals surface area contributed by atoms with Crippen molar-refractivity contribution >= 4 is 16.8 Å². The fraction of sp³-hybridized carbons (Fsp3) is 0.423. The second-order valence-electron chi connectivity index (χ2n) is 9.36. The van der Waals surface area contributed by atoms with Crippen LogP contribution in [0.5, 0.6) is 0 Å². The molecular formula is C26H29N3O. The van der Waals surface area contributed by atoms with Crippen LogP contribution in [0.4, 0.5) is 0 Å². The van der Waals surface area contributed by atoms with E-state index in [1.54, 1.807) is 0 Å².